The van der Waals surface area contributed by atoms with E-state index in [-0.39, 0.29) is 36.9 Å². The second-order valence-electron chi connectivity index (χ2n) is 13.0. The second-order valence-corrected chi connectivity index (χ2v) is 13.9. The molecule has 0 aliphatic carbocycles. The number of benzene rings is 4. The van der Waals surface area contributed by atoms with Gasteiger partial charge in [-0.25, -0.2) is 10.5 Å². The standard InChI is InChI=1S/C42H44N2O7S/c45-27-30-19-21-31(22-20-30)37-26-36(28-52-42-43-39(32-11-5-3-6-12-32)40(51-42)33-13-7-4-8-14-33)49-41(50-37)34-23-17-29(18-24-34)25-35(46)15-9-1-2-10-16-38(47)44-48/h3-8,11-14,17-24,36-37,41,45,48H,1-2,9-10,15-16,25-28H2,(H,44,47)/t36-,37+,41+/m1/s1. The van der Waals surface area contributed by atoms with Gasteiger partial charge in [-0.3, -0.25) is 14.8 Å². The van der Waals surface area contributed by atoms with Gasteiger partial charge in [-0.05, 0) is 29.5 Å². The number of amides is 1. The van der Waals surface area contributed by atoms with E-state index in [9.17, 15) is 14.7 Å². The Morgan fingerprint density at radius 2 is 1.38 bits per heavy atom. The fraction of sp³-hybridized carbons (Fsp3) is 0.310. The number of oxazole rings is 1. The number of rotatable bonds is 17. The summed E-state index contributed by atoms with van der Waals surface area (Å²) in [5, 5.41) is 18.7. The summed E-state index contributed by atoms with van der Waals surface area (Å²) in [4.78, 5) is 28.7. The second kappa shape index (κ2) is 18.8. The number of ether oxygens (including phenoxy) is 2. The molecule has 52 heavy (non-hydrogen) atoms. The van der Waals surface area contributed by atoms with Crippen molar-refractivity contribution in [2.45, 2.75) is 81.7 Å². The molecule has 0 saturated carbocycles. The summed E-state index contributed by atoms with van der Waals surface area (Å²) in [6.45, 7) is -0.0246. The predicted octanol–water partition coefficient (Wildman–Crippen LogP) is 8.80. The Morgan fingerprint density at radius 1 is 0.750 bits per heavy atom. The third-order valence-corrected chi connectivity index (χ3v) is 10.0. The van der Waals surface area contributed by atoms with E-state index in [4.69, 9.17) is 24.1 Å². The topological polar surface area (TPSA) is 131 Å². The number of Topliss-reactive ketones (excluding diaryl/α,β-unsaturated/α-hetero) is 1. The Labute approximate surface area is 308 Å². The molecule has 0 bridgehead atoms. The predicted molar refractivity (Wildman–Crippen MR) is 199 cm³/mol. The first kappa shape index (κ1) is 37.2. The van der Waals surface area contributed by atoms with Gasteiger partial charge in [0.1, 0.15) is 11.5 Å². The van der Waals surface area contributed by atoms with E-state index in [1.54, 1.807) is 5.48 Å². The van der Waals surface area contributed by atoms with Crippen molar-refractivity contribution in [3.63, 3.8) is 0 Å². The molecule has 0 spiro atoms. The molecular formula is C42H44N2O7S. The highest BCUT2D eigenvalue weighted by Gasteiger charge is 2.33. The molecule has 1 amide bonds. The SMILES string of the molecule is O=C(CCCCCCC(=O)NO)Cc1ccc([C@H]2O[C@@H](CSc3nc(-c4ccccc4)c(-c4ccccc4)o3)C[C@@H](c3ccc(CO)cc3)O2)cc1. The number of carbonyl (C=O) groups excluding carboxylic acids is 2. The van der Waals surface area contributed by atoms with E-state index in [2.05, 4.69) is 0 Å². The molecule has 10 heteroatoms. The van der Waals surface area contributed by atoms with Crippen LogP contribution in [0.3, 0.4) is 0 Å². The molecule has 270 valence electrons. The third kappa shape index (κ3) is 10.3. The van der Waals surface area contributed by atoms with Gasteiger partial charge < -0.3 is 19.0 Å². The van der Waals surface area contributed by atoms with Crippen LogP contribution in [0.1, 0.15) is 79.6 Å². The number of nitrogens with one attached hydrogen (secondary N) is 1. The van der Waals surface area contributed by atoms with Crippen LogP contribution in [0, 0.1) is 0 Å². The van der Waals surface area contributed by atoms with Gasteiger partial charge in [0.2, 0.25) is 5.91 Å². The number of aliphatic hydroxyl groups is 1. The first-order chi connectivity index (χ1) is 25.5. The van der Waals surface area contributed by atoms with Crippen LogP contribution in [0.4, 0.5) is 0 Å². The van der Waals surface area contributed by atoms with Crippen molar-refractivity contribution < 1.29 is 33.8 Å². The van der Waals surface area contributed by atoms with Gasteiger partial charge in [0.25, 0.3) is 5.22 Å². The zero-order valence-corrected chi connectivity index (χ0v) is 29.8. The molecule has 1 aliphatic heterocycles. The Kier molecular flexibility index (Phi) is 13.4. The number of hydrogen-bond donors (Lipinski definition) is 3. The highest BCUT2D eigenvalue weighted by molar-refractivity contribution is 7.99. The maximum atomic E-state index is 12.7. The van der Waals surface area contributed by atoms with E-state index < -0.39 is 6.29 Å². The maximum Gasteiger partial charge on any atom is 0.256 e. The molecule has 3 N–H and O–H groups in total. The molecular weight excluding hydrogens is 677 g/mol. The first-order valence-electron chi connectivity index (χ1n) is 17.8. The van der Waals surface area contributed by atoms with Gasteiger partial charge in [-0.15, -0.1) is 0 Å². The minimum atomic E-state index is -0.621. The summed E-state index contributed by atoms with van der Waals surface area (Å²) in [5.74, 6) is 1.11. The van der Waals surface area contributed by atoms with Gasteiger partial charge in [-0.2, -0.15) is 0 Å². The first-order valence-corrected chi connectivity index (χ1v) is 18.8. The third-order valence-electron chi connectivity index (χ3n) is 9.09. The van der Waals surface area contributed by atoms with Crippen molar-refractivity contribution in [3.8, 4) is 22.6 Å². The minimum absolute atomic E-state index is 0.0246. The molecule has 6 rings (SSSR count). The number of unbranched alkanes of at least 4 members (excludes halogenated alkanes) is 3. The molecule has 1 aliphatic rings. The molecule has 1 aromatic heterocycles. The van der Waals surface area contributed by atoms with E-state index in [0.29, 0.717) is 36.7 Å². The van der Waals surface area contributed by atoms with Gasteiger partial charge in [0.15, 0.2) is 12.1 Å². The number of hydrogen-bond acceptors (Lipinski definition) is 9. The van der Waals surface area contributed by atoms with Gasteiger partial charge in [0, 0.05) is 48.1 Å². The molecule has 4 aromatic carbocycles. The summed E-state index contributed by atoms with van der Waals surface area (Å²) in [6, 6.07) is 35.7. The van der Waals surface area contributed by atoms with Crippen LogP contribution in [0.5, 0.6) is 0 Å². The number of nitrogens with zero attached hydrogens (tertiary/aromatic N) is 1. The van der Waals surface area contributed by atoms with Gasteiger partial charge >= 0.3 is 0 Å². The highest BCUT2D eigenvalue weighted by Crippen LogP contribution is 2.41. The van der Waals surface area contributed by atoms with Crippen LogP contribution >= 0.6 is 11.8 Å². The summed E-state index contributed by atoms with van der Waals surface area (Å²) >= 11 is 1.52. The van der Waals surface area contributed by atoms with Crippen molar-refractivity contribution in [1.29, 1.82) is 0 Å². The van der Waals surface area contributed by atoms with Crippen molar-refractivity contribution in [2.75, 3.05) is 5.75 Å². The summed E-state index contributed by atoms with van der Waals surface area (Å²) in [6.07, 6.45) is 3.87. The number of ketones is 1. The molecule has 1 saturated heterocycles. The fourth-order valence-electron chi connectivity index (χ4n) is 6.25. The number of aliphatic hydroxyl groups excluding tert-OH is 1. The molecule has 5 aromatic rings. The maximum absolute atomic E-state index is 12.7. The van der Waals surface area contributed by atoms with E-state index in [1.807, 2.05) is 109 Å². The number of aromatic nitrogens is 1. The lowest BCUT2D eigenvalue weighted by Gasteiger charge is -2.36. The lowest BCUT2D eigenvalue weighted by Crippen LogP contribution is -2.31. The monoisotopic (exact) mass is 720 g/mol. The normalized spacial score (nSPS) is 17.2. The Morgan fingerprint density at radius 3 is 2.06 bits per heavy atom. The number of carbonyl (C=O) groups is 2. The van der Waals surface area contributed by atoms with Crippen molar-refractivity contribution >= 4 is 23.5 Å². The molecule has 9 nitrogen and oxygen atoms in total. The molecule has 0 unspecified atom stereocenters. The minimum Gasteiger partial charge on any atom is -0.431 e. The largest absolute Gasteiger partial charge is 0.431 e. The molecule has 2 heterocycles. The van der Waals surface area contributed by atoms with Crippen LogP contribution in [0.15, 0.2) is 119 Å². The van der Waals surface area contributed by atoms with Crippen molar-refractivity contribution in [2.24, 2.45) is 0 Å². The Hall–Kier alpha value is -4.58. The summed E-state index contributed by atoms with van der Waals surface area (Å²) in [7, 11) is 0. The van der Waals surface area contributed by atoms with Gasteiger partial charge in [0.05, 0.1) is 18.8 Å². The van der Waals surface area contributed by atoms with Crippen molar-refractivity contribution in [3.05, 3.63) is 131 Å². The smallest absolute Gasteiger partial charge is 0.256 e. The summed E-state index contributed by atoms with van der Waals surface area (Å²) < 4.78 is 19.5. The lowest BCUT2D eigenvalue weighted by atomic mass is 10.00. The van der Waals surface area contributed by atoms with Crippen LogP contribution < -0.4 is 5.48 Å². The molecule has 1 fully saturated rings. The fourth-order valence-corrected chi connectivity index (χ4v) is 7.09. The number of thioether (sulfide) groups is 1. The Bertz CT molecular complexity index is 1810. The van der Waals surface area contributed by atoms with Gasteiger partial charge in [-0.1, -0.05) is 134 Å². The lowest BCUT2D eigenvalue weighted by molar-refractivity contribution is -0.245. The summed E-state index contributed by atoms with van der Waals surface area (Å²) in [5.41, 5.74) is 8.02. The van der Waals surface area contributed by atoms with Crippen LogP contribution in [-0.2, 0) is 32.1 Å². The molecule has 3 atom stereocenters. The van der Waals surface area contributed by atoms with E-state index in [1.165, 1.54) is 11.8 Å². The number of hydroxylamine groups is 1. The average Bonchev–Trinajstić information content (AvgIpc) is 3.63. The zero-order valence-electron chi connectivity index (χ0n) is 29.0. The quantitative estimate of drug-likeness (QED) is 0.0373. The molecule has 0 radical (unpaired) electrons. The highest BCUT2D eigenvalue weighted by atomic mass is 32.2. The van der Waals surface area contributed by atoms with E-state index in [0.717, 1.165) is 64.1 Å². The van der Waals surface area contributed by atoms with E-state index >= 15 is 0 Å². The van der Waals surface area contributed by atoms with Crippen LogP contribution in [0.2, 0.25) is 0 Å². The van der Waals surface area contributed by atoms with Crippen LogP contribution in [0.25, 0.3) is 22.6 Å². The van der Waals surface area contributed by atoms with Crippen molar-refractivity contribution in [1.82, 2.24) is 10.5 Å². The Balaban J connectivity index is 1.12. The average molecular weight is 721 g/mol. The zero-order chi connectivity index (χ0) is 36.1. The van der Waals surface area contributed by atoms with Crippen LogP contribution in [-0.4, -0.2) is 38.8 Å².